The molecule has 38 heavy (non-hydrogen) atoms. The summed E-state index contributed by atoms with van der Waals surface area (Å²) >= 11 is 0. The van der Waals surface area contributed by atoms with Crippen molar-refractivity contribution in [3.63, 3.8) is 0 Å². The van der Waals surface area contributed by atoms with Crippen molar-refractivity contribution in [2.24, 2.45) is 0 Å². The van der Waals surface area contributed by atoms with Gasteiger partial charge in [0, 0.05) is 23.8 Å². The quantitative estimate of drug-likeness (QED) is 0.388. The molecule has 1 fully saturated rings. The lowest BCUT2D eigenvalue weighted by molar-refractivity contribution is -0.136. The topological polar surface area (TPSA) is 67.4 Å². The number of rotatable bonds is 8. The zero-order chi connectivity index (χ0) is 26.6. The molecule has 5 rings (SSSR count). The van der Waals surface area contributed by atoms with Gasteiger partial charge in [-0.25, -0.2) is 9.78 Å². The van der Waals surface area contributed by atoms with Gasteiger partial charge in [0.15, 0.2) is 5.82 Å². The highest BCUT2D eigenvalue weighted by atomic mass is 16.5. The van der Waals surface area contributed by atoms with Crippen LogP contribution in [0.1, 0.15) is 79.1 Å². The van der Waals surface area contributed by atoms with Crippen LogP contribution in [0.3, 0.4) is 0 Å². The van der Waals surface area contributed by atoms with Gasteiger partial charge in [-0.1, -0.05) is 56.3 Å². The van der Waals surface area contributed by atoms with E-state index in [1.807, 2.05) is 6.92 Å². The molecule has 6 nitrogen and oxygen atoms in total. The number of aromatic nitrogens is 2. The molecule has 200 valence electrons. The number of nitrogens with zero attached hydrogens (tertiary/aromatic N) is 3. The molecule has 1 saturated heterocycles. The minimum atomic E-state index is -0.279. The first kappa shape index (κ1) is 26.5. The van der Waals surface area contributed by atoms with Gasteiger partial charge in [0.2, 0.25) is 5.88 Å². The largest absolute Gasteiger partial charge is 0.406 e. The van der Waals surface area contributed by atoms with Crippen molar-refractivity contribution < 1.29 is 9.53 Å². The van der Waals surface area contributed by atoms with Gasteiger partial charge in [-0.05, 0) is 87.7 Å². The number of nitrogens with one attached hydrogen (secondary N) is 1. The Morgan fingerprint density at radius 3 is 2.50 bits per heavy atom. The van der Waals surface area contributed by atoms with E-state index in [0.717, 1.165) is 61.9 Å². The van der Waals surface area contributed by atoms with Crippen LogP contribution >= 0.6 is 0 Å². The van der Waals surface area contributed by atoms with Crippen LogP contribution in [0.4, 0.5) is 0 Å². The number of fused-ring (bicyclic) bond motifs is 1. The lowest BCUT2D eigenvalue weighted by atomic mass is 9.87. The zero-order valence-corrected chi connectivity index (χ0v) is 23.2. The molecule has 0 amide bonds. The van der Waals surface area contributed by atoms with Gasteiger partial charge in [0.05, 0.1) is 5.56 Å². The molecule has 0 spiro atoms. The Balaban J connectivity index is 1.54. The van der Waals surface area contributed by atoms with Crippen molar-refractivity contribution in [3.05, 3.63) is 76.0 Å². The normalized spacial score (nSPS) is 19.0. The standard InChI is InChI=1S/C32H40N4O2/c1-5-22-13-9-14-23(6-2)29(22)30-34-21(3)26(31(35-30)38-32(37)27-17-11-19-33-27)20-36(4)28-18-10-15-24-12-7-8-16-25(24)28/h7-9,12-14,16,27-28,33H,5-6,10-11,15,17-20H2,1-4H3/t27-,28+/m1/s1. The van der Waals surface area contributed by atoms with Crippen LogP contribution in [0.15, 0.2) is 42.5 Å². The molecular weight excluding hydrogens is 472 g/mol. The van der Waals surface area contributed by atoms with Crippen molar-refractivity contribution in [1.82, 2.24) is 20.2 Å². The zero-order valence-electron chi connectivity index (χ0n) is 23.2. The molecule has 2 aromatic carbocycles. The van der Waals surface area contributed by atoms with Gasteiger partial charge in [-0.2, -0.15) is 4.98 Å². The first-order valence-corrected chi connectivity index (χ1v) is 14.2. The summed E-state index contributed by atoms with van der Waals surface area (Å²) in [6.07, 6.45) is 6.96. The molecule has 6 heteroatoms. The van der Waals surface area contributed by atoms with Crippen LogP contribution in [0.5, 0.6) is 5.88 Å². The lowest BCUT2D eigenvalue weighted by Crippen LogP contribution is -2.35. The lowest BCUT2D eigenvalue weighted by Gasteiger charge is -2.33. The number of hydrogen-bond acceptors (Lipinski definition) is 6. The molecule has 0 bridgehead atoms. The molecule has 1 aromatic heterocycles. The molecule has 1 aliphatic carbocycles. The Morgan fingerprint density at radius 1 is 1.03 bits per heavy atom. The number of esters is 1. The maximum Gasteiger partial charge on any atom is 0.329 e. The third-order valence-corrected chi connectivity index (χ3v) is 8.22. The van der Waals surface area contributed by atoms with E-state index in [-0.39, 0.29) is 12.0 Å². The Kier molecular flexibility index (Phi) is 8.20. The van der Waals surface area contributed by atoms with Crippen LogP contribution in [0, 0.1) is 6.92 Å². The van der Waals surface area contributed by atoms with E-state index in [1.165, 1.54) is 28.7 Å². The van der Waals surface area contributed by atoms with Gasteiger partial charge in [0.1, 0.15) is 6.04 Å². The number of carbonyl (C=O) groups excluding carboxylic acids is 1. The van der Waals surface area contributed by atoms with Gasteiger partial charge in [0.25, 0.3) is 0 Å². The van der Waals surface area contributed by atoms with E-state index in [2.05, 4.69) is 73.6 Å². The van der Waals surface area contributed by atoms with Crippen LogP contribution in [-0.2, 0) is 30.6 Å². The van der Waals surface area contributed by atoms with E-state index in [1.54, 1.807) is 0 Å². The highest BCUT2D eigenvalue weighted by molar-refractivity contribution is 5.79. The minimum Gasteiger partial charge on any atom is -0.406 e. The number of benzene rings is 2. The monoisotopic (exact) mass is 512 g/mol. The molecule has 3 aromatic rings. The smallest absolute Gasteiger partial charge is 0.329 e. The number of aryl methyl sites for hydroxylation is 4. The highest BCUT2D eigenvalue weighted by Crippen LogP contribution is 2.36. The van der Waals surface area contributed by atoms with Gasteiger partial charge >= 0.3 is 5.97 Å². The van der Waals surface area contributed by atoms with Gasteiger partial charge in [-0.15, -0.1) is 0 Å². The summed E-state index contributed by atoms with van der Waals surface area (Å²) in [5.74, 6) is 0.793. The second-order valence-corrected chi connectivity index (χ2v) is 10.7. The van der Waals surface area contributed by atoms with Crippen molar-refractivity contribution in [3.8, 4) is 17.3 Å². The first-order chi connectivity index (χ1) is 18.5. The molecule has 0 saturated carbocycles. The van der Waals surface area contributed by atoms with Gasteiger partial charge in [-0.3, -0.25) is 4.90 Å². The molecule has 1 aliphatic heterocycles. The number of carbonyl (C=O) groups is 1. The number of hydrogen-bond donors (Lipinski definition) is 1. The Morgan fingerprint density at radius 2 is 1.79 bits per heavy atom. The fourth-order valence-corrected chi connectivity index (χ4v) is 6.08. The minimum absolute atomic E-state index is 0.252. The third-order valence-electron chi connectivity index (χ3n) is 8.22. The molecule has 0 unspecified atom stereocenters. The Hall–Kier alpha value is -3.09. The molecule has 2 heterocycles. The predicted octanol–water partition coefficient (Wildman–Crippen LogP) is 5.74. The Bertz CT molecular complexity index is 1280. The van der Waals surface area contributed by atoms with Crippen molar-refractivity contribution in [1.29, 1.82) is 0 Å². The predicted molar refractivity (Wildman–Crippen MR) is 151 cm³/mol. The molecule has 2 aliphatic rings. The van der Waals surface area contributed by atoms with Crippen LogP contribution in [-0.4, -0.2) is 40.5 Å². The second-order valence-electron chi connectivity index (χ2n) is 10.7. The summed E-state index contributed by atoms with van der Waals surface area (Å²) in [4.78, 5) is 25.5. The summed E-state index contributed by atoms with van der Waals surface area (Å²) in [7, 11) is 2.16. The van der Waals surface area contributed by atoms with Crippen molar-refractivity contribution in [2.45, 2.75) is 84.3 Å². The summed E-state index contributed by atoms with van der Waals surface area (Å²) in [6.45, 7) is 7.79. The Labute approximate surface area is 226 Å². The van der Waals surface area contributed by atoms with Gasteiger partial charge < -0.3 is 10.1 Å². The fraction of sp³-hybridized carbons (Fsp3) is 0.469. The number of ether oxygens (including phenoxy) is 1. The maximum absolute atomic E-state index is 13.2. The summed E-state index contributed by atoms with van der Waals surface area (Å²) < 4.78 is 6.10. The molecule has 0 radical (unpaired) electrons. The summed E-state index contributed by atoms with van der Waals surface area (Å²) in [5, 5.41) is 3.27. The van der Waals surface area contributed by atoms with Crippen molar-refractivity contribution >= 4 is 5.97 Å². The van der Waals surface area contributed by atoms with E-state index in [0.29, 0.717) is 24.3 Å². The molecular formula is C32H40N4O2. The van der Waals surface area contributed by atoms with Crippen LogP contribution in [0.2, 0.25) is 0 Å². The SMILES string of the molecule is CCc1cccc(CC)c1-c1nc(C)c(CN(C)[C@H]2CCCc3ccccc32)c(OC(=O)[C@H]2CCCN2)n1. The van der Waals surface area contributed by atoms with Crippen LogP contribution < -0.4 is 10.1 Å². The van der Waals surface area contributed by atoms with E-state index in [9.17, 15) is 4.79 Å². The average molecular weight is 513 g/mol. The first-order valence-electron chi connectivity index (χ1n) is 14.2. The highest BCUT2D eigenvalue weighted by Gasteiger charge is 2.29. The third kappa shape index (κ3) is 5.38. The van der Waals surface area contributed by atoms with E-state index < -0.39 is 0 Å². The maximum atomic E-state index is 13.2. The van der Waals surface area contributed by atoms with E-state index in [4.69, 9.17) is 14.7 Å². The summed E-state index contributed by atoms with van der Waals surface area (Å²) in [5.41, 5.74) is 8.07. The molecule has 1 N–H and O–H groups in total. The fourth-order valence-electron chi connectivity index (χ4n) is 6.08. The van der Waals surface area contributed by atoms with Crippen LogP contribution in [0.25, 0.3) is 11.4 Å². The second kappa shape index (κ2) is 11.7. The average Bonchev–Trinajstić information content (AvgIpc) is 3.49. The summed E-state index contributed by atoms with van der Waals surface area (Å²) in [6, 6.07) is 15.2. The van der Waals surface area contributed by atoms with Crippen molar-refractivity contribution in [2.75, 3.05) is 13.6 Å². The van der Waals surface area contributed by atoms with E-state index >= 15 is 0 Å². The molecule has 2 atom stereocenters.